The van der Waals surface area contributed by atoms with Gasteiger partial charge in [0.15, 0.2) is 0 Å². The molecule has 0 aliphatic heterocycles. The van der Waals surface area contributed by atoms with Crippen molar-refractivity contribution in [3.8, 4) is 5.69 Å². The third-order valence-electron chi connectivity index (χ3n) is 3.92. The molecule has 0 radical (unpaired) electrons. The SMILES string of the molecule is CCCC[c-]1cccc1.[Cl-].[Cl-].[Zr+4].c1ccc2[cH-]c(-n3cccn3)cc2c1. The van der Waals surface area contributed by atoms with Gasteiger partial charge in [0, 0.05) is 12.4 Å². The Kier molecular flexibility index (Phi) is 12.5. The van der Waals surface area contributed by atoms with Crippen molar-refractivity contribution in [2.45, 2.75) is 26.2 Å². The van der Waals surface area contributed by atoms with Crippen LogP contribution in [-0.4, -0.2) is 9.78 Å². The second kappa shape index (κ2) is 13.1. The molecule has 4 rings (SSSR count). The van der Waals surface area contributed by atoms with E-state index < -0.39 is 0 Å². The summed E-state index contributed by atoms with van der Waals surface area (Å²) >= 11 is 0. The topological polar surface area (TPSA) is 17.8 Å². The van der Waals surface area contributed by atoms with E-state index in [1.807, 2.05) is 16.9 Å². The monoisotopic (exact) mass is 462 g/mol. The summed E-state index contributed by atoms with van der Waals surface area (Å²) in [5.74, 6) is 0. The van der Waals surface area contributed by atoms with Gasteiger partial charge in [-0.25, -0.2) is 12.1 Å². The van der Waals surface area contributed by atoms with Gasteiger partial charge in [-0.05, 0) is 11.8 Å². The zero-order valence-electron chi connectivity index (χ0n) is 14.8. The molecule has 0 amide bonds. The van der Waals surface area contributed by atoms with E-state index >= 15 is 0 Å². The summed E-state index contributed by atoms with van der Waals surface area (Å²) in [6, 6.07) is 23.1. The van der Waals surface area contributed by atoms with Crippen LogP contribution in [0.25, 0.3) is 16.5 Å². The van der Waals surface area contributed by atoms with Crippen LogP contribution in [0.4, 0.5) is 0 Å². The molecule has 1 heterocycles. The van der Waals surface area contributed by atoms with Gasteiger partial charge >= 0.3 is 26.2 Å². The Hall–Kier alpha value is -1.15. The third-order valence-corrected chi connectivity index (χ3v) is 3.92. The number of nitrogens with zero attached hydrogens (tertiary/aromatic N) is 2. The summed E-state index contributed by atoms with van der Waals surface area (Å²) in [5, 5.41) is 6.72. The maximum absolute atomic E-state index is 4.20. The molecule has 4 aromatic rings. The summed E-state index contributed by atoms with van der Waals surface area (Å²) < 4.78 is 1.88. The number of halogens is 2. The molecule has 0 aliphatic carbocycles. The van der Waals surface area contributed by atoms with E-state index in [0.29, 0.717) is 0 Å². The number of hydrogen-bond donors (Lipinski definition) is 0. The largest absolute Gasteiger partial charge is 4.00 e. The summed E-state index contributed by atoms with van der Waals surface area (Å²) in [4.78, 5) is 0. The van der Waals surface area contributed by atoms with E-state index in [-0.39, 0.29) is 51.0 Å². The Morgan fingerprint density at radius 3 is 2.38 bits per heavy atom. The molecule has 0 N–H and O–H groups in total. The number of aromatic nitrogens is 2. The van der Waals surface area contributed by atoms with Crippen molar-refractivity contribution in [2.75, 3.05) is 0 Å². The van der Waals surface area contributed by atoms with Crippen LogP contribution < -0.4 is 24.8 Å². The van der Waals surface area contributed by atoms with Crippen molar-refractivity contribution < 1.29 is 51.0 Å². The van der Waals surface area contributed by atoms with Crippen LogP contribution in [0, 0.1) is 0 Å². The fourth-order valence-corrected chi connectivity index (χ4v) is 2.65. The van der Waals surface area contributed by atoms with Gasteiger partial charge < -0.3 is 24.8 Å². The van der Waals surface area contributed by atoms with E-state index in [4.69, 9.17) is 0 Å². The van der Waals surface area contributed by atoms with Gasteiger partial charge in [-0.15, -0.1) is 41.1 Å². The number of rotatable bonds is 4. The Balaban J connectivity index is 0.000000466. The van der Waals surface area contributed by atoms with Crippen LogP contribution in [0.5, 0.6) is 0 Å². The van der Waals surface area contributed by atoms with E-state index in [2.05, 4.69) is 72.7 Å². The van der Waals surface area contributed by atoms with Crippen LogP contribution >= 0.6 is 0 Å². The van der Waals surface area contributed by atoms with Crippen LogP contribution in [0.1, 0.15) is 25.3 Å². The summed E-state index contributed by atoms with van der Waals surface area (Å²) in [7, 11) is 0. The van der Waals surface area contributed by atoms with Crippen LogP contribution in [0.3, 0.4) is 0 Å². The van der Waals surface area contributed by atoms with Crippen molar-refractivity contribution in [3.63, 3.8) is 0 Å². The van der Waals surface area contributed by atoms with Gasteiger partial charge in [-0.3, -0.25) is 4.68 Å². The van der Waals surface area contributed by atoms with Crippen LogP contribution in [0.2, 0.25) is 0 Å². The summed E-state index contributed by atoms with van der Waals surface area (Å²) in [5.41, 5.74) is 2.60. The molecule has 0 saturated heterocycles. The molecule has 0 bridgehead atoms. The summed E-state index contributed by atoms with van der Waals surface area (Å²) in [6.45, 7) is 2.23. The Bertz CT molecular complexity index is 788. The second-order valence-corrected chi connectivity index (χ2v) is 5.69. The molecule has 1 aromatic heterocycles. The number of fused-ring (bicyclic) bond motifs is 1. The van der Waals surface area contributed by atoms with Gasteiger partial charge in [0.05, 0.1) is 0 Å². The average Bonchev–Trinajstić information content (AvgIpc) is 3.34. The predicted molar refractivity (Wildman–Crippen MR) is 97.3 cm³/mol. The first-order valence-corrected chi connectivity index (χ1v) is 8.23. The second-order valence-electron chi connectivity index (χ2n) is 5.69. The van der Waals surface area contributed by atoms with E-state index in [1.165, 1.54) is 35.6 Å². The molecule has 5 heteroatoms. The molecule has 3 aromatic carbocycles. The normalized spacial score (nSPS) is 9.27. The van der Waals surface area contributed by atoms with Gasteiger partial charge in [0.2, 0.25) is 0 Å². The number of hydrogen-bond acceptors (Lipinski definition) is 1. The zero-order valence-corrected chi connectivity index (χ0v) is 18.7. The van der Waals surface area contributed by atoms with E-state index in [0.717, 1.165) is 5.69 Å². The Labute approximate surface area is 187 Å². The molecule has 0 fully saturated rings. The standard InChI is InChI=1S/C12H9N2.C9H13.2ClH.Zr/c1-2-5-11-9-12(8-10(11)4-1)14-7-3-6-13-14;1-2-3-6-9-7-4-5-8-9;;;/h1-9H;4-5,7-8H,2-3,6H2,1H3;2*1H;/q2*-1;;;+4/p-2. The fourth-order valence-electron chi connectivity index (χ4n) is 2.65. The van der Waals surface area contributed by atoms with Crippen molar-refractivity contribution in [1.82, 2.24) is 9.78 Å². The average molecular weight is 465 g/mol. The predicted octanol–water partition coefficient (Wildman–Crippen LogP) is -0.502. The van der Waals surface area contributed by atoms with Crippen LogP contribution in [-0.2, 0) is 32.6 Å². The first-order chi connectivity index (χ1) is 11.4. The molecular weight excluding hydrogens is 442 g/mol. The molecule has 0 atom stereocenters. The van der Waals surface area contributed by atoms with Gasteiger partial charge in [-0.2, -0.15) is 22.8 Å². The molecule has 2 nitrogen and oxygen atoms in total. The molecule has 134 valence electrons. The maximum Gasteiger partial charge on any atom is 4.00 e. The Morgan fingerprint density at radius 2 is 1.77 bits per heavy atom. The van der Waals surface area contributed by atoms with E-state index in [9.17, 15) is 0 Å². The molecule has 0 spiro atoms. The van der Waals surface area contributed by atoms with Crippen molar-refractivity contribution >= 4 is 10.8 Å². The van der Waals surface area contributed by atoms with Crippen LogP contribution in [0.15, 0.2) is 79.1 Å². The minimum absolute atomic E-state index is 0. The molecular formula is C21H22Cl2N2Zr. The number of benzene rings is 1. The minimum atomic E-state index is 0. The van der Waals surface area contributed by atoms with Crippen molar-refractivity contribution in [3.05, 3.63) is 84.7 Å². The van der Waals surface area contributed by atoms with Crippen molar-refractivity contribution in [1.29, 1.82) is 0 Å². The van der Waals surface area contributed by atoms with Gasteiger partial charge in [0.25, 0.3) is 0 Å². The maximum atomic E-state index is 4.20. The van der Waals surface area contributed by atoms with E-state index in [1.54, 1.807) is 6.20 Å². The smallest absolute Gasteiger partial charge is 1.00 e. The van der Waals surface area contributed by atoms with Gasteiger partial charge in [0.1, 0.15) is 0 Å². The number of aryl methyl sites for hydroxylation is 1. The molecule has 0 saturated carbocycles. The quantitative estimate of drug-likeness (QED) is 0.373. The minimum Gasteiger partial charge on any atom is -1.00 e. The fraction of sp³-hybridized carbons (Fsp3) is 0.190. The summed E-state index contributed by atoms with van der Waals surface area (Å²) in [6.07, 6.45) is 7.62. The number of unbranched alkanes of at least 4 members (excludes halogenated alkanes) is 1. The molecule has 0 aliphatic rings. The van der Waals surface area contributed by atoms with Gasteiger partial charge in [-0.1, -0.05) is 32.3 Å². The molecule has 26 heavy (non-hydrogen) atoms. The first kappa shape index (κ1) is 24.9. The zero-order chi connectivity index (χ0) is 15.9. The molecule has 0 unspecified atom stereocenters. The first-order valence-electron chi connectivity index (χ1n) is 8.23. The third kappa shape index (κ3) is 6.87. The Morgan fingerprint density at radius 1 is 1.04 bits per heavy atom. The van der Waals surface area contributed by atoms with Crippen molar-refractivity contribution in [2.24, 2.45) is 0 Å².